The molecule has 0 bridgehead atoms. The summed E-state index contributed by atoms with van der Waals surface area (Å²) >= 11 is 13.6. The molecule has 108 valence electrons. The molecule has 0 aliphatic rings. The first-order valence-corrected chi connectivity index (χ1v) is 7.91. The number of hydrogen-bond acceptors (Lipinski definition) is 3. The van der Waals surface area contributed by atoms with E-state index in [4.69, 9.17) is 29.0 Å². The number of hydrazine groups is 1. The smallest absolute Gasteiger partial charge is 0.0995 e. The molecule has 0 amide bonds. The highest BCUT2D eigenvalue weighted by Gasteiger charge is 2.19. The van der Waals surface area contributed by atoms with Gasteiger partial charge >= 0.3 is 0 Å². The average molecular weight is 329 g/mol. The molecule has 0 saturated carbocycles. The van der Waals surface area contributed by atoms with Crippen molar-refractivity contribution in [2.24, 2.45) is 5.84 Å². The van der Waals surface area contributed by atoms with Crippen LogP contribution in [0.1, 0.15) is 43.5 Å². The van der Waals surface area contributed by atoms with Crippen molar-refractivity contribution < 1.29 is 0 Å². The molecule has 5 heteroatoms. The van der Waals surface area contributed by atoms with Crippen LogP contribution in [0.15, 0.2) is 30.3 Å². The molecule has 1 atom stereocenters. The number of thiophene rings is 1. The van der Waals surface area contributed by atoms with Crippen molar-refractivity contribution in [3.05, 3.63) is 55.7 Å². The summed E-state index contributed by atoms with van der Waals surface area (Å²) in [5, 5.41) is 0. The Morgan fingerprint density at radius 2 is 1.75 bits per heavy atom. The second-order valence-corrected chi connectivity index (χ2v) is 8.04. The first-order valence-electron chi connectivity index (χ1n) is 6.34. The third-order valence-corrected chi connectivity index (χ3v) is 4.79. The van der Waals surface area contributed by atoms with Crippen LogP contribution in [0, 0.1) is 0 Å². The van der Waals surface area contributed by atoms with Gasteiger partial charge in [-0.25, -0.2) is 5.43 Å². The largest absolute Gasteiger partial charge is 0.271 e. The van der Waals surface area contributed by atoms with Crippen molar-refractivity contribution in [2.75, 3.05) is 0 Å². The normalized spacial score (nSPS) is 13.5. The second kappa shape index (κ2) is 6.04. The molecule has 0 fully saturated rings. The maximum Gasteiger partial charge on any atom is 0.0995 e. The molecule has 2 aromatic rings. The maximum absolute atomic E-state index is 6.21. The van der Waals surface area contributed by atoms with Gasteiger partial charge in [0.1, 0.15) is 0 Å². The Kier molecular flexibility index (Phi) is 4.77. The Morgan fingerprint density at radius 3 is 2.15 bits per heavy atom. The summed E-state index contributed by atoms with van der Waals surface area (Å²) in [6.07, 6.45) is 0. The quantitative estimate of drug-likeness (QED) is 0.620. The number of benzene rings is 1. The fourth-order valence-corrected chi connectivity index (χ4v) is 3.62. The van der Waals surface area contributed by atoms with Crippen molar-refractivity contribution in [3.8, 4) is 0 Å². The van der Waals surface area contributed by atoms with E-state index in [-0.39, 0.29) is 11.5 Å². The molecule has 0 radical (unpaired) electrons. The average Bonchev–Trinajstić information content (AvgIpc) is 2.69. The highest BCUT2D eigenvalue weighted by molar-refractivity contribution is 7.20. The summed E-state index contributed by atoms with van der Waals surface area (Å²) in [7, 11) is 0. The Hall–Kier alpha value is -0.580. The summed E-state index contributed by atoms with van der Waals surface area (Å²) in [4.78, 5) is 0. The zero-order valence-electron chi connectivity index (χ0n) is 11.7. The number of hydrogen-bond donors (Lipinski definition) is 2. The van der Waals surface area contributed by atoms with E-state index < -0.39 is 0 Å². The van der Waals surface area contributed by atoms with E-state index in [2.05, 4.69) is 50.5 Å². The van der Waals surface area contributed by atoms with Crippen molar-refractivity contribution in [2.45, 2.75) is 32.2 Å². The molecule has 1 heterocycles. The summed E-state index contributed by atoms with van der Waals surface area (Å²) in [6, 6.07) is 10.1. The molecule has 2 rings (SSSR count). The van der Waals surface area contributed by atoms with E-state index in [1.807, 2.05) is 6.07 Å². The standard InChI is InChI=1S/C15H18Cl2N2S/c1-15(2,3)10-6-4-9(5-7-10)13(19-18)11-8-12(16)20-14(11)17/h4-8,13,19H,18H2,1-3H3. The molecular formula is C15H18Cl2N2S. The third-order valence-electron chi connectivity index (χ3n) is 3.27. The Balaban J connectivity index is 2.35. The molecule has 2 nitrogen and oxygen atoms in total. The first kappa shape index (κ1) is 15.8. The molecule has 0 saturated heterocycles. The topological polar surface area (TPSA) is 38.0 Å². The minimum Gasteiger partial charge on any atom is -0.271 e. The van der Waals surface area contributed by atoms with Gasteiger partial charge in [0.05, 0.1) is 14.7 Å². The molecule has 20 heavy (non-hydrogen) atoms. The van der Waals surface area contributed by atoms with Gasteiger partial charge in [0.25, 0.3) is 0 Å². The van der Waals surface area contributed by atoms with E-state index in [0.717, 1.165) is 11.1 Å². The van der Waals surface area contributed by atoms with Gasteiger partial charge in [-0.2, -0.15) is 0 Å². The maximum atomic E-state index is 6.21. The highest BCUT2D eigenvalue weighted by Crippen LogP contribution is 2.37. The van der Waals surface area contributed by atoms with Gasteiger partial charge < -0.3 is 0 Å². The fraction of sp³-hybridized carbons (Fsp3) is 0.333. The lowest BCUT2D eigenvalue weighted by molar-refractivity contribution is 0.588. The van der Waals surface area contributed by atoms with Gasteiger partial charge in [-0.3, -0.25) is 5.84 Å². The van der Waals surface area contributed by atoms with Gasteiger partial charge in [0, 0.05) is 5.56 Å². The lowest BCUT2D eigenvalue weighted by atomic mass is 9.86. The number of nitrogens with two attached hydrogens (primary N) is 1. The van der Waals surface area contributed by atoms with Gasteiger partial charge in [-0.15, -0.1) is 11.3 Å². The van der Waals surface area contributed by atoms with Crippen LogP contribution in [0.2, 0.25) is 8.67 Å². The van der Waals surface area contributed by atoms with E-state index in [9.17, 15) is 0 Å². The SMILES string of the molecule is CC(C)(C)c1ccc(C(NN)c2cc(Cl)sc2Cl)cc1. The molecule has 0 aliphatic heterocycles. The van der Waals surface area contributed by atoms with Crippen LogP contribution in [-0.4, -0.2) is 0 Å². The van der Waals surface area contributed by atoms with Crippen LogP contribution in [-0.2, 0) is 5.41 Å². The van der Waals surface area contributed by atoms with E-state index in [1.54, 1.807) is 0 Å². The van der Waals surface area contributed by atoms with Crippen molar-refractivity contribution in [1.29, 1.82) is 0 Å². The van der Waals surface area contributed by atoms with Gasteiger partial charge in [-0.1, -0.05) is 68.2 Å². The Morgan fingerprint density at radius 1 is 1.15 bits per heavy atom. The van der Waals surface area contributed by atoms with E-state index in [0.29, 0.717) is 8.67 Å². The van der Waals surface area contributed by atoms with Crippen molar-refractivity contribution in [1.82, 2.24) is 5.43 Å². The zero-order valence-corrected chi connectivity index (χ0v) is 14.0. The highest BCUT2D eigenvalue weighted by atomic mass is 35.5. The van der Waals surface area contributed by atoms with Crippen molar-refractivity contribution in [3.63, 3.8) is 0 Å². The summed E-state index contributed by atoms with van der Waals surface area (Å²) < 4.78 is 1.33. The summed E-state index contributed by atoms with van der Waals surface area (Å²) in [5.41, 5.74) is 6.20. The Bertz CT molecular complexity index is 585. The Labute approximate surface area is 133 Å². The molecule has 1 aromatic carbocycles. The fourth-order valence-electron chi connectivity index (χ4n) is 2.09. The lowest BCUT2D eigenvalue weighted by Gasteiger charge is -2.21. The van der Waals surface area contributed by atoms with Crippen LogP contribution >= 0.6 is 34.5 Å². The van der Waals surface area contributed by atoms with Crippen LogP contribution in [0.4, 0.5) is 0 Å². The monoisotopic (exact) mass is 328 g/mol. The van der Waals surface area contributed by atoms with Crippen LogP contribution in [0.3, 0.4) is 0 Å². The van der Waals surface area contributed by atoms with Gasteiger partial charge in [0.2, 0.25) is 0 Å². The molecule has 1 aromatic heterocycles. The third kappa shape index (κ3) is 3.35. The predicted molar refractivity (Wildman–Crippen MR) is 88.6 cm³/mol. The van der Waals surface area contributed by atoms with Crippen LogP contribution in [0.5, 0.6) is 0 Å². The molecular weight excluding hydrogens is 311 g/mol. The molecule has 1 unspecified atom stereocenters. The van der Waals surface area contributed by atoms with Crippen LogP contribution in [0.25, 0.3) is 0 Å². The lowest BCUT2D eigenvalue weighted by Crippen LogP contribution is -2.28. The van der Waals surface area contributed by atoms with Gasteiger partial charge in [0.15, 0.2) is 0 Å². The second-order valence-electron chi connectivity index (χ2n) is 5.75. The van der Waals surface area contributed by atoms with E-state index in [1.165, 1.54) is 16.9 Å². The van der Waals surface area contributed by atoms with Crippen molar-refractivity contribution >= 4 is 34.5 Å². The predicted octanol–water partition coefficient (Wildman–Crippen LogP) is 4.91. The van der Waals surface area contributed by atoms with Crippen LogP contribution < -0.4 is 11.3 Å². The minimum absolute atomic E-state index is 0.132. The first-order chi connectivity index (χ1) is 9.32. The molecule has 3 N–H and O–H groups in total. The zero-order chi connectivity index (χ0) is 14.9. The van der Waals surface area contributed by atoms with E-state index >= 15 is 0 Å². The number of rotatable bonds is 3. The van der Waals surface area contributed by atoms with Gasteiger partial charge in [-0.05, 0) is 22.6 Å². The number of nitrogens with one attached hydrogen (secondary N) is 1. The number of halogens is 2. The molecule has 0 aliphatic carbocycles. The summed E-state index contributed by atoms with van der Waals surface area (Å²) in [5.74, 6) is 5.69. The summed E-state index contributed by atoms with van der Waals surface area (Å²) in [6.45, 7) is 6.57. The molecule has 0 spiro atoms. The minimum atomic E-state index is -0.153.